The Balaban J connectivity index is 2.85. The number of carbonyl (C=O) groups is 2. The van der Waals surface area contributed by atoms with Crippen LogP contribution in [0.2, 0.25) is 0 Å². The number of carbonyl (C=O) groups excluding carboxylic acids is 2. The molecule has 140 valence electrons. The lowest BCUT2D eigenvalue weighted by molar-refractivity contribution is -0.147. The van der Waals surface area contributed by atoms with Gasteiger partial charge in [-0.3, -0.25) is 4.79 Å². The third-order valence-corrected chi connectivity index (χ3v) is 4.19. The molecule has 0 amide bonds. The summed E-state index contributed by atoms with van der Waals surface area (Å²) >= 11 is 0. The molecule has 0 heterocycles. The van der Waals surface area contributed by atoms with E-state index in [4.69, 9.17) is 9.47 Å². The minimum atomic E-state index is -0.413. The maximum absolute atomic E-state index is 12.5. The Morgan fingerprint density at radius 3 is 2.40 bits per heavy atom. The van der Waals surface area contributed by atoms with E-state index in [1.807, 2.05) is 12.1 Å². The zero-order valence-electron chi connectivity index (χ0n) is 15.9. The number of esters is 2. The van der Waals surface area contributed by atoms with Gasteiger partial charge in [-0.05, 0) is 32.0 Å². The molecule has 0 aliphatic rings. The summed E-state index contributed by atoms with van der Waals surface area (Å²) in [5.41, 5.74) is 1.20. The van der Waals surface area contributed by atoms with E-state index in [2.05, 4.69) is 25.7 Å². The second kappa shape index (κ2) is 11.6. The highest BCUT2D eigenvalue weighted by atomic mass is 16.5. The number of hydrogen-bond acceptors (Lipinski definition) is 5. The summed E-state index contributed by atoms with van der Waals surface area (Å²) in [6.07, 6.45) is 2.20. The first-order chi connectivity index (χ1) is 12.0. The van der Waals surface area contributed by atoms with Crippen LogP contribution in [0.5, 0.6) is 0 Å². The Morgan fingerprint density at radius 1 is 1.12 bits per heavy atom. The molecule has 0 saturated carbocycles. The van der Waals surface area contributed by atoms with Crippen molar-refractivity contribution in [3.8, 4) is 0 Å². The lowest BCUT2D eigenvalue weighted by Gasteiger charge is -2.21. The molecule has 1 rings (SSSR count). The van der Waals surface area contributed by atoms with E-state index in [1.54, 1.807) is 12.1 Å². The molecule has 1 aromatic rings. The predicted octanol–water partition coefficient (Wildman–Crippen LogP) is 3.98. The molecule has 0 aliphatic carbocycles. The number of nitrogens with zero attached hydrogens (tertiary/aromatic N) is 1. The lowest BCUT2D eigenvalue weighted by Crippen LogP contribution is -2.28. The maximum Gasteiger partial charge on any atom is 0.338 e. The van der Waals surface area contributed by atoms with E-state index >= 15 is 0 Å². The largest absolute Gasteiger partial charge is 0.461 e. The van der Waals surface area contributed by atoms with Crippen molar-refractivity contribution in [3.63, 3.8) is 0 Å². The number of likely N-dealkylation sites (N-methyl/N-ethyl adjacent to an activating group) is 1. The minimum Gasteiger partial charge on any atom is -0.461 e. The van der Waals surface area contributed by atoms with Gasteiger partial charge in [-0.1, -0.05) is 45.4 Å². The highest BCUT2D eigenvalue weighted by Crippen LogP contribution is 2.27. The third kappa shape index (κ3) is 7.26. The van der Waals surface area contributed by atoms with Gasteiger partial charge in [-0.15, -0.1) is 0 Å². The van der Waals surface area contributed by atoms with E-state index in [-0.39, 0.29) is 11.9 Å². The van der Waals surface area contributed by atoms with Gasteiger partial charge in [-0.2, -0.15) is 0 Å². The Hall–Kier alpha value is -1.88. The van der Waals surface area contributed by atoms with Crippen LogP contribution in [0.25, 0.3) is 0 Å². The summed E-state index contributed by atoms with van der Waals surface area (Å²) in [7, 11) is 0. The maximum atomic E-state index is 12.5. The average molecular weight is 349 g/mol. The van der Waals surface area contributed by atoms with E-state index in [1.165, 1.54) is 6.92 Å². The molecule has 0 radical (unpaired) electrons. The molecule has 0 N–H and O–H groups in total. The van der Waals surface area contributed by atoms with Gasteiger partial charge in [-0.25, -0.2) is 4.79 Å². The Bertz CT molecular complexity index is 540. The summed E-state index contributed by atoms with van der Waals surface area (Å²) in [5.74, 6) is -0.706. The Labute approximate surface area is 151 Å². The molecule has 5 nitrogen and oxygen atoms in total. The van der Waals surface area contributed by atoms with Crippen LogP contribution in [0.1, 0.15) is 69.0 Å². The van der Waals surface area contributed by atoms with Crippen molar-refractivity contribution in [3.05, 3.63) is 35.4 Å². The number of unbranched alkanes of at least 4 members (excludes halogenated alkanes) is 1. The highest BCUT2D eigenvalue weighted by Gasteiger charge is 2.22. The SMILES string of the molecule is CCCCC(OC(C)=O)c1ccccc1C(=O)OCCN(CC)CC. The van der Waals surface area contributed by atoms with E-state index < -0.39 is 6.10 Å². The number of benzene rings is 1. The number of hydrogen-bond donors (Lipinski definition) is 0. The molecule has 0 saturated heterocycles. The summed E-state index contributed by atoms with van der Waals surface area (Å²) in [4.78, 5) is 26.1. The van der Waals surface area contributed by atoms with Crippen molar-refractivity contribution < 1.29 is 19.1 Å². The van der Waals surface area contributed by atoms with Crippen molar-refractivity contribution in [2.45, 2.75) is 53.1 Å². The zero-order valence-corrected chi connectivity index (χ0v) is 15.9. The number of ether oxygens (including phenoxy) is 2. The monoisotopic (exact) mass is 349 g/mol. The fourth-order valence-corrected chi connectivity index (χ4v) is 2.72. The second-order valence-corrected chi connectivity index (χ2v) is 5.99. The first-order valence-corrected chi connectivity index (χ1v) is 9.19. The fourth-order valence-electron chi connectivity index (χ4n) is 2.72. The van der Waals surface area contributed by atoms with Crippen LogP contribution < -0.4 is 0 Å². The molecule has 1 unspecified atom stereocenters. The van der Waals surface area contributed by atoms with Gasteiger partial charge in [0.05, 0.1) is 5.56 Å². The van der Waals surface area contributed by atoms with Crippen LogP contribution >= 0.6 is 0 Å². The normalized spacial score (nSPS) is 12.0. The Morgan fingerprint density at radius 2 is 1.80 bits per heavy atom. The molecule has 0 spiro atoms. The van der Waals surface area contributed by atoms with Crippen LogP contribution in [0.3, 0.4) is 0 Å². The van der Waals surface area contributed by atoms with Gasteiger partial charge in [0.2, 0.25) is 0 Å². The van der Waals surface area contributed by atoms with E-state index in [9.17, 15) is 9.59 Å². The molecule has 1 aromatic carbocycles. The molecular formula is C20H31NO4. The average Bonchev–Trinajstić information content (AvgIpc) is 2.61. The summed E-state index contributed by atoms with van der Waals surface area (Å²) in [6, 6.07) is 7.22. The van der Waals surface area contributed by atoms with E-state index in [0.29, 0.717) is 25.1 Å². The molecule has 0 bridgehead atoms. The van der Waals surface area contributed by atoms with Crippen molar-refractivity contribution in [2.24, 2.45) is 0 Å². The molecular weight excluding hydrogens is 318 g/mol. The van der Waals surface area contributed by atoms with Gasteiger partial charge in [0.1, 0.15) is 12.7 Å². The van der Waals surface area contributed by atoms with Crippen molar-refractivity contribution in [2.75, 3.05) is 26.2 Å². The van der Waals surface area contributed by atoms with Gasteiger partial charge in [0.25, 0.3) is 0 Å². The molecule has 0 aliphatic heterocycles. The third-order valence-electron chi connectivity index (χ3n) is 4.19. The van der Waals surface area contributed by atoms with Crippen LogP contribution in [-0.4, -0.2) is 43.1 Å². The topological polar surface area (TPSA) is 55.8 Å². The standard InChI is InChI=1S/C20H31NO4/c1-5-8-13-19(25-16(4)22)17-11-9-10-12-18(17)20(23)24-15-14-21(6-2)7-3/h9-12,19H,5-8,13-15H2,1-4H3. The quantitative estimate of drug-likeness (QED) is 0.566. The summed E-state index contributed by atoms with van der Waals surface area (Å²) < 4.78 is 10.9. The Kier molecular flexibility index (Phi) is 9.85. The molecule has 0 aromatic heterocycles. The zero-order chi connectivity index (χ0) is 18.7. The first-order valence-electron chi connectivity index (χ1n) is 9.19. The minimum absolute atomic E-state index is 0.342. The molecule has 0 fully saturated rings. The molecule has 25 heavy (non-hydrogen) atoms. The van der Waals surface area contributed by atoms with Gasteiger partial charge >= 0.3 is 11.9 Å². The summed E-state index contributed by atoms with van der Waals surface area (Å²) in [6.45, 7) is 10.6. The first kappa shape index (κ1) is 21.2. The van der Waals surface area contributed by atoms with Crippen molar-refractivity contribution >= 4 is 11.9 Å². The van der Waals surface area contributed by atoms with E-state index in [0.717, 1.165) is 31.5 Å². The fraction of sp³-hybridized carbons (Fsp3) is 0.600. The van der Waals surface area contributed by atoms with Gasteiger partial charge < -0.3 is 14.4 Å². The summed E-state index contributed by atoms with van der Waals surface area (Å²) in [5, 5.41) is 0. The van der Waals surface area contributed by atoms with Crippen molar-refractivity contribution in [1.82, 2.24) is 4.90 Å². The predicted molar refractivity (Wildman–Crippen MR) is 98.5 cm³/mol. The highest BCUT2D eigenvalue weighted by molar-refractivity contribution is 5.91. The van der Waals surface area contributed by atoms with Crippen LogP contribution in [0.4, 0.5) is 0 Å². The number of rotatable bonds is 11. The van der Waals surface area contributed by atoms with Crippen LogP contribution in [0, 0.1) is 0 Å². The lowest BCUT2D eigenvalue weighted by atomic mass is 9.98. The van der Waals surface area contributed by atoms with Crippen LogP contribution in [0.15, 0.2) is 24.3 Å². The second-order valence-electron chi connectivity index (χ2n) is 5.99. The van der Waals surface area contributed by atoms with Crippen LogP contribution in [-0.2, 0) is 14.3 Å². The van der Waals surface area contributed by atoms with Gasteiger partial charge in [0.15, 0.2) is 0 Å². The van der Waals surface area contributed by atoms with Gasteiger partial charge in [0, 0.05) is 19.0 Å². The van der Waals surface area contributed by atoms with Crippen molar-refractivity contribution in [1.29, 1.82) is 0 Å². The molecule has 1 atom stereocenters. The molecule has 5 heteroatoms. The smallest absolute Gasteiger partial charge is 0.338 e.